The molecule has 4 heteroatoms. The number of nitrogens with zero attached hydrogens (tertiary/aromatic N) is 1. The molecule has 1 aromatic carbocycles. The number of likely N-dealkylation sites (tertiary alicyclic amines) is 1. The van der Waals surface area contributed by atoms with Crippen molar-refractivity contribution >= 4 is 13.9 Å². The molecule has 1 saturated carbocycles. The number of aromatic hydroxyl groups is 1. The Morgan fingerprint density at radius 2 is 2.17 bits per heavy atom. The van der Waals surface area contributed by atoms with E-state index in [0.29, 0.717) is 5.75 Å². The van der Waals surface area contributed by atoms with Crippen molar-refractivity contribution < 1.29 is 5.11 Å². The largest absolute Gasteiger partial charge is 0.508 e. The molecule has 2 aliphatic rings. The van der Waals surface area contributed by atoms with Crippen molar-refractivity contribution in [1.82, 2.24) is 4.90 Å². The monoisotopic (exact) mass is 264 g/mol. The summed E-state index contributed by atoms with van der Waals surface area (Å²) >= 11 is 0. The van der Waals surface area contributed by atoms with Crippen LogP contribution in [0.1, 0.15) is 19.3 Å². The second kappa shape index (κ2) is 4.80. The predicted octanol–water partition coefficient (Wildman–Crippen LogP) is 1.47. The molecule has 3 nitrogen and oxygen atoms in total. The van der Waals surface area contributed by atoms with E-state index >= 15 is 0 Å². The topological polar surface area (TPSA) is 49.5 Å². The lowest BCUT2D eigenvalue weighted by Gasteiger charge is -2.23. The quantitative estimate of drug-likeness (QED) is 0.813. The Morgan fingerprint density at radius 3 is 2.89 bits per heavy atom. The Hall–Kier alpha value is -0.630. The van der Waals surface area contributed by atoms with Crippen LogP contribution >= 0.6 is 8.58 Å². The van der Waals surface area contributed by atoms with Crippen molar-refractivity contribution in [2.24, 2.45) is 11.7 Å². The van der Waals surface area contributed by atoms with Gasteiger partial charge in [0, 0.05) is 24.9 Å². The van der Waals surface area contributed by atoms with Gasteiger partial charge in [0.2, 0.25) is 0 Å². The molecule has 3 N–H and O–H groups in total. The van der Waals surface area contributed by atoms with Gasteiger partial charge in [0.15, 0.2) is 0 Å². The molecule has 0 radical (unpaired) electrons. The normalized spacial score (nSPS) is 32.4. The Kier molecular flexibility index (Phi) is 3.31. The summed E-state index contributed by atoms with van der Waals surface area (Å²) in [5, 5.41) is 10.6. The minimum Gasteiger partial charge on any atom is -0.508 e. The van der Waals surface area contributed by atoms with E-state index in [4.69, 9.17) is 5.73 Å². The molecule has 1 saturated heterocycles. The molecule has 18 heavy (non-hydrogen) atoms. The van der Waals surface area contributed by atoms with Gasteiger partial charge in [-0.15, -0.1) is 0 Å². The Bertz CT molecular complexity index is 422. The number of phenolic OH excluding ortho intramolecular Hbond substituents is 1. The first-order valence-electron chi connectivity index (χ1n) is 6.70. The van der Waals surface area contributed by atoms with Crippen LogP contribution in [0.15, 0.2) is 24.3 Å². The molecule has 0 amide bonds. The Labute approximate surface area is 110 Å². The molecular weight excluding hydrogens is 243 g/mol. The summed E-state index contributed by atoms with van der Waals surface area (Å²) in [4.78, 5) is 2.52. The molecule has 1 heterocycles. The smallest absolute Gasteiger partial charge is 0.115 e. The van der Waals surface area contributed by atoms with Gasteiger partial charge in [-0.25, -0.2) is 0 Å². The van der Waals surface area contributed by atoms with Crippen LogP contribution in [-0.4, -0.2) is 34.9 Å². The maximum absolute atomic E-state index is 9.26. The van der Waals surface area contributed by atoms with E-state index in [1.165, 1.54) is 31.1 Å². The molecule has 1 aliphatic carbocycles. The zero-order valence-corrected chi connectivity index (χ0v) is 11.6. The van der Waals surface area contributed by atoms with Crippen LogP contribution in [0.4, 0.5) is 0 Å². The minimum atomic E-state index is 0.111. The van der Waals surface area contributed by atoms with Crippen LogP contribution in [0.2, 0.25) is 0 Å². The lowest BCUT2D eigenvalue weighted by molar-refractivity contribution is 0.349. The van der Waals surface area contributed by atoms with Crippen LogP contribution < -0.4 is 11.0 Å². The van der Waals surface area contributed by atoms with E-state index in [-0.39, 0.29) is 5.54 Å². The molecule has 0 aromatic heterocycles. The highest BCUT2D eigenvalue weighted by Crippen LogP contribution is 2.40. The van der Waals surface area contributed by atoms with Gasteiger partial charge in [-0.05, 0) is 36.2 Å². The lowest BCUT2D eigenvalue weighted by Crippen LogP contribution is -2.44. The van der Waals surface area contributed by atoms with E-state index in [1.54, 1.807) is 12.1 Å². The molecule has 3 atom stereocenters. The van der Waals surface area contributed by atoms with Crippen molar-refractivity contribution in [2.75, 3.05) is 19.4 Å². The number of fused-ring (bicyclic) bond motifs is 1. The van der Waals surface area contributed by atoms with Crippen molar-refractivity contribution in [3.8, 4) is 5.75 Å². The van der Waals surface area contributed by atoms with Gasteiger partial charge in [0.25, 0.3) is 0 Å². The zero-order chi connectivity index (χ0) is 12.6. The van der Waals surface area contributed by atoms with E-state index in [9.17, 15) is 5.11 Å². The number of nitrogens with two attached hydrogens (primary N) is 1. The predicted molar refractivity (Wildman–Crippen MR) is 76.8 cm³/mol. The second-order valence-electron chi connectivity index (χ2n) is 5.72. The van der Waals surface area contributed by atoms with E-state index in [2.05, 4.69) is 4.90 Å². The fraction of sp³-hybridized carbons (Fsp3) is 0.571. The molecular formula is C14H21N2OP. The zero-order valence-electron chi connectivity index (χ0n) is 10.6. The van der Waals surface area contributed by atoms with Crippen molar-refractivity contribution in [2.45, 2.75) is 24.8 Å². The summed E-state index contributed by atoms with van der Waals surface area (Å²) in [6.45, 7) is 2.25. The van der Waals surface area contributed by atoms with Gasteiger partial charge in [-0.2, -0.15) is 0 Å². The Morgan fingerprint density at radius 1 is 1.39 bits per heavy atom. The Balaban J connectivity index is 1.54. The molecule has 3 rings (SSSR count). The summed E-state index contributed by atoms with van der Waals surface area (Å²) in [7, 11) is 0.785. The van der Waals surface area contributed by atoms with Gasteiger partial charge < -0.3 is 10.8 Å². The van der Waals surface area contributed by atoms with Crippen molar-refractivity contribution in [3.05, 3.63) is 24.3 Å². The maximum Gasteiger partial charge on any atom is 0.115 e. The summed E-state index contributed by atoms with van der Waals surface area (Å²) in [6.07, 6.45) is 4.95. The fourth-order valence-electron chi connectivity index (χ4n) is 3.35. The molecule has 0 spiro atoms. The first-order valence-corrected chi connectivity index (χ1v) is 7.91. The minimum absolute atomic E-state index is 0.111. The van der Waals surface area contributed by atoms with Crippen molar-refractivity contribution in [1.29, 1.82) is 0 Å². The lowest BCUT2D eigenvalue weighted by atomic mass is 9.92. The SMILES string of the molecule is N[C@@]12CCC[C@@H]1CN(CPc1ccc(O)cc1)C2. The molecule has 98 valence electrons. The van der Waals surface area contributed by atoms with Crippen molar-refractivity contribution in [3.63, 3.8) is 0 Å². The molecule has 0 bridgehead atoms. The molecule has 1 aliphatic heterocycles. The summed E-state index contributed by atoms with van der Waals surface area (Å²) in [5.74, 6) is 1.07. The van der Waals surface area contributed by atoms with Gasteiger partial charge >= 0.3 is 0 Å². The number of phenols is 1. The van der Waals surface area contributed by atoms with Crippen LogP contribution in [0.25, 0.3) is 0 Å². The van der Waals surface area contributed by atoms with Gasteiger partial charge in [-0.3, -0.25) is 4.90 Å². The van der Waals surface area contributed by atoms with Crippen LogP contribution in [0, 0.1) is 5.92 Å². The fourth-order valence-corrected chi connectivity index (χ4v) is 4.40. The number of benzene rings is 1. The highest BCUT2D eigenvalue weighted by atomic mass is 31.1. The molecule has 1 unspecified atom stereocenters. The van der Waals surface area contributed by atoms with E-state index in [0.717, 1.165) is 27.3 Å². The highest BCUT2D eigenvalue weighted by molar-refractivity contribution is 7.47. The van der Waals surface area contributed by atoms with E-state index in [1.807, 2.05) is 12.1 Å². The average molecular weight is 264 g/mol. The van der Waals surface area contributed by atoms with Gasteiger partial charge in [0.1, 0.15) is 5.75 Å². The third kappa shape index (κ3) is 2.40. The first-order chi connectivity index (χ1) is 8.66. The summed E-state index contributed by atoms with van der Waals surface area (Å²) in [5.41, 5.74) is 6.58. The highest BCUT2D eigenvalue weighted by Gasteiger charge is 2.46. The summed E-state index contributed by atoms with van der Waals surface area (Å²) in [6, 6.07) is 7.57. The van der Waals surface area contributed by atoms with Crippen LogP contribution in [-0.2, 0) is 0 Å². The third-order valence-electron chi connectivity index (χ3n) is 4.38. The first kappa shape index (κ1) is 12.4. The van der Waals surface area contributed by atoms with Crippen LogP contribution in [0.3, 0.4) is 0 Å². The van der Waals surface area contributed by atoms with Gasteiger partial charge in [-0.1, -0.05) is 27.1 Å². The van der Waals surface area contributed by atoms with Gasteiger partial charge in [0.05, 0.1) is 0 Å². The molecule has 2 fully saturated rings. The molecule has 1 aromatic rings. The average Bonchev–Trinajstić information content (AvgIpc) is 2.83. The third-order valence-corrected chi connectivity index (χ3v) is 5.73. The summed E-state index contributed by atoms with van der Waals surface area (Å²) < 4.78 is 0. The number of hydrogen-bond donors (Lipinski definition) is 2. The number of hydrogen-bond acceptors (Lipinski definition) is 3. The van der Waals surface area contributed by atoms with E-state index < -0.39 is 0 Å². The standard InChI is InChI=1S/C14H21N2OP/c15-14-7-1-2-11(14)8-16(9-14)10-18-13-5-3-12(17)4-6-13/h3-6,11,17-18H,1-2,7-10,15H2/t11-,14-/m1/s1. The second-order valence-corrected chi connectivity index (χ2v) is 6.96. The number of rotatable bonds is 3. The maximum atomic E-state index is 9.26. The van der Waals surface area contributed by atoms with Crippen LogP contribution in [0.5, 0.6) is 5.75 Å².